The van der Waals surface area contributed by atoms with E-state index in [4.69, 9.17) is 18.0 Å². The van der Waals surface area contributed by atoms with Crippen molar-refractivity contribution in [2.45, 2.75) is 6.92 Å². The number of aryl methyl sites for hydroxylation is 1. The lowest BCUT2D eigenvalue weighted by molar-refractivity contribution is 0.581. The number of para-hydroxylation sites is 1. The number of rotatable bonds is 3. The van der Waals surface area contributed by atoms with Crippen molar-refractivity contribution in [2.24, 2.45) is 5.73 Å². The molecule has 0 aliphatic carbocycles. The molecule has 6 heteroatoms. The number of halogens is 3. The van der Waals surface area contributed by atoms with Crippen molar-refractivity contribution in [3.05, 3.63) is 57.6 Å². The quantitative estimate of drug-likeness (QED) is 0.631. The van der Waals surface area contributed by atoms with Crippen molar-refractivity contribution in [3.63, 3.8) is 0 Å². The maximum atomic E-state index is 13.8. The third kappa shape index (κ3) is 2.96. The molecule has 0 saturated carbocycles. The number of hydrogen-bond donors (Lipinski definition) is 2. The molecular weight excluding hydrogens is 346 g/mol. The Morgan fingerprint density at radius 1 is 1.25 bits per heavy atom. The van der Waals surface area contributed by atoms with Gasteiger partial charge in [0, 0.05) is 11.6 Å². The van der Waals surface area contributed by atoms with E-state index in [0.717, 1.165) is 11.6 Å². The standard InChI is InChI=1S/C14H11BrF2N2S/c1-7-3-2-4-8(14(18)20)13(7)19-12-5-9(15)10(16)6-11(12)17/h2-6,19H,1H3,(H2,18,20). The van der Waals surface area contributed by atoms with E-state index in [2.05, 4.69) is 21.2 Å². The number of benzene rings is 2. The van der Waals surface area contributed by atoms with Crippen molar-refractivity contribution in [3.8, 4) is 0 Å². The molecular formula is C14H11BrF2N2S. The van der Waals surface area contributed by atoms with Gasteiger partial charge in [-0.1, -0.05) is 24.4 Å². The van der Waals surface area contributed by atoms with E-state index in [0.29, 0.717) is 11.3 Å². The summed E-state index contributed by atoms with van der Waals surface area (Å²) >= 11 is 8.01. The van der Waals surface area contributed by atoms with Gasteiger partial charge in [-0.2, -0.15) is 0 Å². The van der Waals surface area contributed by atoms with Crippen LogP contribution in [0.1, 0.15) is 11.1 Å². The van der Waals surface area contributed by atoms with E-state index in [9.17, 15) is 8.78 Å². The van der Waals surface area contributed by atoms with E-state index in [1.807, 2.05) is 19.1 Å². The largest absolute Gasteiger partial charge is 0.389 e. The van der Waals surface area contributed by atoms with Crippen LogP contribution in [0.2, 0.25) is 0 Å². The zero-order valence-electron chi connectivity index (χ0n) is 10.5. The second kappa shape index (κ2) is 5.85. The summed E-state index contributed by atoms with van der Waals surface area (Å²) in [5.41, 5.74) is 7.88. The fourth-order valence-electron chi connectivity index (χ4n) is 1.79. The molecule has 0 atom stereocenters. The minimum absolute atomic E-state index is 0.144. The Balaban J connectivity index is 2.50. The van der Waals surface area contributed by atoms with Gasteiger partial charge in [0.25, 0.3) is 0 Å². The number of nitrogens with one attached hydrogen (secondary N) is 1. The van der Waals surface area contributed by atoms with E-state index in [1.165, 1.54) is 6.07 Å². The zero-order chi connectivity index (χ0) is 14.9. The van der Waals surface area contributed by atoms with Gasteiger partial charge >= 0.3 is 0 Å². The maximum absolute atomic E-state index is 13.8. The summed E-state index contributed by atoms with van der Waals surface area (Å²) in [6, 6.07) is 7.55. The summed E-state index contributed by atoms with van der Waals surface area (Å²) in [6.45, 7) is 1.85. The first kappa shape index (κ1) is 14.9. The minimum atomic E-state index is -0.692. The Morgan fingerprint density at radius 3 is 2.60 bits per heavy atom. The first-order valence-electron chi connectivity index (χ1n) is 5.71. The molecule has 2 aromatic rings. The van der Waals surface area contributed by atoms with Gasteiger partial charge in [0.15, 0.2) is 0 Å². The Hall–Kier alpha value is -1.53. The van der Waals surface area contributed by atoms with Gasteiger partial charge < -0.3 is 11.1 Å². The Kier molecular flexibility index (Phi) is 4.35. The van der Waals surface area contributed by atoms with Crippen molar-refractivity contribution < 1.29 is 8.78 Å². The van der Waals surface area contributed by atoms with Crippen molar-refractivity contribution in [1.29, 1.82) is 0 Å². The summed E-state index contributed by atoms with van der Waals surface area (Å²) in [5.74, 6) is -1.35. The Morgan fingerprint density at radius 2 is 1.95 bits per heavy atom. The lowest BCUT2D eigenvalue weighted by Gasteiger charge is -2.15. The summed E-state index contributed by atoms with van der Waals surface area (Å²) < 4.78 is 27.2. The topological polar surface area (TPSA) is 38.0 Å². The van der Waals surface area contributed by atoms with E-state index < -0.39 is 11.6 Å². The van der Waals surface area contributed by atoms with Gasteiger partial charge in [-0.05, 0) is 40.5 Å². The van der Waals surface area contributed by atoms with E-state index in [1.54, 1.807) is 6.07 Å². The Labute approximate surface area is 129 Å². The molecule has 20 heavy (non-hydrogen) atoms. The zero-order valence-corrected chi connectivity index (χ0v) is 12.9. The lowest BCUT2D eigenvalue weighted by Crippen LogP contribution is -2.13. The van der Waals surface area contributed by atoms with Crippen LogP contribution in [-0.2, 0) is 0 Å². The van der Waals surface area contributed by atoms with Crippen LogP contribution in [0.25, 0.3) is 0 Å². The second-order valence-electron chi connectivity index (χ2n) is 4.23. The second-order valence-corrected chi connectivity index (χ2v) is 5.53. The van der Waals surface area contributed by atoms with Crippen LogP contribution in [0.5, 0.6) is 0 Å². The van der Waals surface area contributed by atoms with Gasteiger partial charge in [-0.25, -0.2) is 8.78 Å². The smallest absolute Gasteiger partial charge is 0.149 e. The maximum Gasteiger partial charge on any atom is 0.149 e. The first-order chi connectivity index (χ1) is 9.40. The number of thiocarbonyl (C=S) groups is 1. The van der Waals surface area contributed by atoms with Gasteiger partial charge in [0.2, 0.25) is 0 Å². The molecule has 3 N–H and O–H groups in total. The van der Waals surface area contributed by atoms with Crippen molar-refractivity contribution in [1.82, 2.24) is 0 Å². The molecule has 0 radical (unpaired) electrons. The molecule has 0 aromatic heterocycles. The van der Waals surface area contributed by atoms with Gasteiger partial charge in [0.05, 0.1) is 15.8 Å². The molecule has 0 fully saturated rings. The highest BCUT2D eigenvalue weighted by Gasteiger charge is 2.12. The van der Waals surface area contributed by atoms with Crippen LogP contribution >= 0.6 is 28.1 Å². The van der Waals surface area contributed by atoms with Crippen LogP contribution in [0, 0.1) is 18.6 Å². The summed E-state index contributed by atoms with van der Waals surface area (Å²) in [4.78, 5) is 0.206. The third-order valence-electron chi connectivity index (χ3n) is 2.81. The highest BCUT2D eigenvalue weighted by Crippen LogP contribution is 2.29. The van der Waals surface area contributed by atoms with Crippen LogP contribution in [-0.4, -0.2) is 4.99 Å². The highest BCUT2D eigenvalue weighted by molar-refractivity contribution is 9.10. The van der Waals surface area contributed by atoms with Crippen LogP contribution in [0.4, 0.5) is 20.2 Å². The van der Waals surface area contributed by atoms with Crippen LogP contribution in [0.15, 0.2) is 34.8 Å². The fraction of sp³-hybridized carbons (Fsp3) is 0.0714. The molecule has 2 aromatic carbocycles. The van der Waals surface area contributed by atoms with E-state index >= 15 is 0 Å². The molecule has 2 nitrogen and oxygen atoms in total. The van der Waals surface area contributed by atoms with Gasteiger partial charge in [-0.15, -0.1) is 0 Å². The molecule has 0 unspecified atom stereocenters. The number of nitrogens with two attached hydrogens (primary N) is 1. The molecule has 0 saturated heterocycles. The summed E-state index contributed by atoms with van der Waals surface area (Å²) in [6.07, 6.45) is 0. The molecule has 0 bridgehead atoms. The molecule has 0 heterocycles. The lowest BCUT2D eigenvalue weighted by atomic mass is 10.1. The molecule has 0 aliphatic rings. The van der Waals surface area contributed by atoms with Gasteiger partial charge in [0.1, 0.15) is 16.6 Å². The first-order valence-corrected chi connectivity index (χ1v) is 6.91. The number of anilines is 2. The molecule has 104 valence electrons. The van der Waals surface area contributed by atoms with Crippen molar-refractivity contribution >= 4 is 44.5 Å². The monoisotopic (exact) mass is 356 g/mol. The molecule has 0 amide bonds. The summed E-state index contributed by atoms with van der Waals surface area (Å²) in [7, 11) is 0. The fourth-order valence-corrected chi connectivity index (χ4v) is 2.31. The average Bonchev–Trinajstić information content (AvgIpc) is 2.37. The highest BCUT2D eigenvalue weighted by atomic mass is 79.9. The predicted molar refractivity (Wildman–Crippen MR) is 84.4 cm³/mol. The van der Waals surface area contributed by atoms with Crippen LogP contribution in [0.3, 0.4) is 0 Å². The van der Waals surface area contributed by atoms with E-state index in [-0.39, 0.29) is 15.1 Å². The number of hydrogen-bond acceptors (Lipinski definition) is 2. The summed E-state index contributed by atoms with van der Waals surface area (Å²) in [5, 5.41) is 2.92. The van der Waals surface area contributed by atoms with Crippen LogP contribution < -0.4 is 11.1 Å². The molecule has 0 aliphatic heterocycles. The Bertz CT molecular complexity index is 689. The predicted octanol–water partition coefficient (Wildman–Crippen LogP) is 4.41. The van der Waals surface area contributed by atoms with Gasteiger partial charge in [-0.3, -0.25) is 0 Å². The normalized spacial score (nSPS) is 10.4. The van der Waals surface area contributed by atoms with Crippen molar-refractivity contribution in [2.75, 3.05) is 5.32 Å². The molecule has 2 rings (SSSR count). The average molecular weight is 357 g/mol. The molecule has 0 spiro atoms. The SMILES string of the molecule is Cc1cccc(C(N)=S)c1Nc1cc(Br)c(F)cc1F. The minimum Gasteiger partial charge on any atom is -0.389 e. The third-order valence-corrected chi connectivity index (χ3v) is 3.64.